The number of nitrogens with one attached hydrogen (secondary N) is 2. The minimum absolute atomic E-state index is 0. The predicted molar refractivity (Wildman–Crippen MR) is 60.2 cm³/mol. The van der Waals surface area contributed by atoms with Gasteiger partial charge in [-0.15, -0.1) is 0 Å². The number of morpholine rings is 1. The van der Waals surface area contributed by atoms with E-state index < -0.39 is 0 Å². The van der Waals surface area contributed by atoms with E-state index in [1.54, 1.807) is 0 Å². The van der Waals surface area contributed by atoms with Crippen molar-refractivity contribution in [3.8, 4) is 0 Å². The van der Waals surface area contributed by atoms with Crippen LogP contribution in [0.2, 0.25) is 0 Å². The number of carbonyl (C=O) groups excluding carboxylic acids is 1. The standard InChI is InChI=1S/C12H16N2O2.ClH/c1-10-3-2-4-11(9-10)12(15)13-14-5-7-16-8-6-14;/h2-4,9H,5-8H2,1H3,(H,13,15);1H. The Kier molecular flexibility index (Phi) is 5.41. The maximum atomic E-state index is 11.9. The fourth-order valence-electron chi connectivity index (χ4n) is 1.76. The van der Waals surface area contributed by atoms with E-state index in [0.29, 0.717) is 13.2 Å². The van der Waals surface area contributed by atoms with Gasteiger partial charge in [0, 0.05) is 5.56 Å². The summed E-state index contributed by atoms with van der Waals surface area (Å²) in [6, 6.07) is 7.62. The first-order valence-electron chi connectivity index (χ1n) is 5.56. The lowest BCUT2D eigenvalue weighted by Gasteiger charge is -2.23. The topological polar surface area (TPSA) is 42.8 Å². The molecule has 0 spiro atoms. The molecule has 2 rings (SSSR count). The largest absolute Gasteiger partial charge is 1.00 e. The molecule has 0 radical (unpaired) electrons. The minimum Gasteiger partial charge on any atom is -1.00 e. The van der Waals surface area contributed by atoms with Crippen molar-refractivity contribution >= 4 is 5.91 Å². The molecule has 1 saturated heterocycles. The van der Waals surface area contributed by atoms with E-state index in [9.17, 15) is 4.79 Å². The molecule has 17 heavy (non-hydrogen) atoms. The van der Waals surface area contributed by atoms with Gasteiger partial charge >= 0.3 is 0 Å². The van der Waals surface area contributed by atoms with Crippen LogP contribution in [-0.2, 0) is 4.74 Å². The second kappa shape index (κ2) is 6.59. The van der Waals surface area contributed by atoms with Crippen LogP contribution in [0.4, 0.5) is 0 Å². The molecule has 1 aliphatic rings. The molecular weight excluding hydrogens is 240 g/mol. The van der Waals surface area contributed by atoms with Crippen molar-refractivity contribution in [2.45, 2.75) is 6.92 Å². The fourth-order valence-corrected chi connectivity index (χ4v) is 1.76. The summed E-state index contributed by atoms with van der Waals surface area (Å²) >= 11 is 0. The van der Waals surface area contributed by atoms with Crippen LogP contribution in [0.25, 0.3) is 0 Å². The summed E-state index contributed by atoms with van der Waals surface area (Å²) < 4.78 is 5.23. The van der Waals surface area contributed by atoms with Gasteiger partial charge in [0.15, 0.2) is 0 Å². The SMILES string of the molecule is Cc1cccc(C(=O)N[NH+]2CCOCC2)c1.[Cl-]. The Balaban J connectivity index is 0.00000144. The quantitative estimate of drug-likeness (QED) is 0.578. The number of ether oxygens (including phenoxy) is 1. The average molecular weight is 257 g/mol. The number of rotatable bonds is 2. The van der Waals surface area contributed by atoms with E-state index in [1.807, 2.05) is 31.2 Å². The number of amides is 1. The molecule has 0 aromatic heterocycles. The Morgan fingerprint density at radius 1 is 1.35 bits per heavy atom. The van der Waals surface area contributed by atoms with E-state index in [4.69, 9.17) is 4.74 Å². The summed E-state index contributed by atoms with van der Waals surface area (Å²) in [5, 5.41) is 1.08. The van der Waals surface area contributed by atoms with Crippen LogP contribution in [0.1, 0.15) is 15.9 Å². The van der Waals surface area contributed by atoms with Crippen LogP contribution in [0.5, 0.6) is 0 Å². The van der Waals surface area contributed by atoms with Gasteiger partial charge in [-0.1, -0.05) is 17.7 Å². The summed E-state index contributed by atoms with van der Waals surface area (Å²) in [5.41, 5.74) is 4.78. The molecule has 5 heteroatoms. The number of hydrogen-bond donors (Lipinski definition) is 2. The number of halogens is 1. The van der Waals surface area contributed by atoms with Crippen LogP contribution >= 0.6 is 0 Å². The van der Waals surface area contributed by atoms with E-state index >= 15 is 0 Å². The van der Waals surface area contributed by atoms with Crippen molar-refractivity contribution < 1.29 is 26.9 Å². The predicted octanol–water partition coefficient (Wildman–Crippen LogP) is -3.44. The Morgan fingerprint density at radius 2 is 2.06 bits per heavy atom. The van der Waals surface area contributed by atoms with Crippen molar-refractivity contribution in [1.82, 2.24) is 5.43 Å². The molecule has 0 saturated carbocycles. The molecular formula is C12H17ClN2O2. The van der Waals surface area contributed by atoms with Crippen molar-refractivity contribution in [2.75, 3.05) is 26.3 Å². The molecule has 1 aromatic carbocycles. The van der Waals surface area contributed by atoms with Crippen LogP contribution < -0.4 is 22.8 Å². The summed E-state index contributed by atoms with van der Waals surface area (Å²) in [7, 11) is 0. The molecule has 2 N–H and O–H groups in total. The monoisotopic (exact) mass is 256 g/mol. The van der Waals surface area contributed by atoms with Gasteiger partial charge < -0.3 is 17.1 Å². The zero-order valence-corrected chi connectivity index (χ0v) is 10.6. The highest BCUT2D eigenvalue weighted by atomic mass is 35.5. The number of quaternary nitrogens is 1. The van der Waals surface area contributed by atoms with Crippen molar-refractivity contribution in [1.29, 1.82) is 0 Å². The molecule has 1 aliphatic heterocycles. The number of benzene rings is 1. The zero-order chi connectivity index (χ0) is 11.4. The molecule has 94 valence electrons. The molecule has 0 unspecified atom stereocenters. The molecule has 0 aliphatic carbocycles. The van der Waals surface area contributed by atoms with Gasteiger partial charge in [-0.25, -0.2) is 5.01 Å². The zero-order valence-electron chi connectivity index (χ0n) is 9.83. The van der Waals surface area contributed by atoms with Gasteiger partial charge in [0.1, 0.15) is 13.1 Å². The van der Waals surface area contributed by atoms with Crippen LogP contribution in [0.15, 0.2) is 24.3 Å². The molecule has 4 nitrogen and oxygen atoms in total. The summed E-state index contributed by atoms with van der Waals surface area (Å²) in [4.78, 5) is 11.9. The van der Waals surface area contributed by atoms with Gasteiger partial charge in [0.25, 0.3) is 5.91 Å². The third-order valence-corrected chi connectivity index (χ3v) is 2.67. The third kappa shape index (κ3) is 4.00. The number of aryl methyl sites for hydroxylation is 1. The summed E-state index contributed by atoms with van der Waals surface area (Å²) in [5.74, 6) is -0.0133. The second-order valence-corrected chi connectivity index (χ2v) is 4.04. The lowest BCUT2D eigenvalue weighted by atomic mass is 10.1. The number of carbonyl (C=O) groups is 1. The van der Waals surface area contributed by atoms with Crippen molar-refractivity contribution in [3.05, 3.63) is 35.4 Å². The average Bonchev–Trinajstić information content (AvgIpc) is 2.30. The molecule has 1 aromatic rings. The Labute approximate surface area is 107 Å². The lowest BCUT2D eigenvalue weighted by Crippen LogP contribution is -3.20. The molecule has 1 heterocycles. The van der Waals surface area contributed by atoms with Crippen molar-refractivity contribution in [3.63, 3.8) is 0 Å². The maximum Gasteiger partial charge on any atom is 0.295 e. The Morgan fingerprint density at radius 3 is 2.71 bits per heavy atom. The Hall–Kier alpha value is -1.10. The molecule has 1 fully saturated rings. The Bertz CT molecular complexity index is 379. The van der Waals surface area contributed by atoms with Gasteiger partial charge in [-0.2, -0.15) is 5.43 Å². The molecule has 0 atom stereocenters. The van der Waals surface area contributed by atoms with Gasteiger partial charge in [0.2, 0.25) is 0 Å². The molecule has 1 amide bonds. The van der Waals surface area contributed by atoms with E-state index in [-0.39, 0.29) is 18.3 Å². The van der Waals surface area contributed by atoms with Gasteiger partial charge in [0.05, 0.1) is 13.2 Å². The van der Waals surface area contributed by atoms with Gasteiger partial charge in [-0.05, 0) is 19.1 Å². The smallest absolute Gasteiger partial charge is 0.295 e. The second-order valence-electron chi connectivity index (χ2n) is 4.04. The van der Waals surface area contributed by atoms with Crippen LogP contribution in [0.3, 0.4) is 0 Å². The highest BCUT2D eigenvalue weighted by Gasteiger charge is 2.17. The van der Waals surface area contributed by atoms with Crippen LogP contribution in [0, 0.1) is 6.92 Å². The highest BCUT2D eigenvalue weighted by Crippen LogP contribution is 2.02. The normalized spacial score (nSPS) is 16.1. The van der Waals surface area contributed by atoms with Gasteiger partial charge in [-0.3, -0.25) is 4.79 Å². The maximum absolute atomic E-state index is 11.9. The van der Waals surface area contributed by atoms with E-state index in [0.717, 1.165) is 29.2 Å². The fraction of sp³-hybridized carbons (Fsp3) is 0.417. The van der Waals surface area contributed by atoms with E-state index in [1.165, 1.54) is 0 Å². The first-order chi connectivity index (χ1) is 7.75. The highest BCUT2D eigenvalue weighted by molar-refractivity contribution is 5.93. The van der Waals surface area contributed by atoms with E-state index in [2.05, 4.69) is 5.43 Å². The summed E-state index contributed by atoms with van der Waals surface area (Å²) in [6.07, 6.45) is 0. The first-order valence-corrected chi connectivity index (χ1v) is 5.56. The minimum atomic E-state index is -0.0133. The molecule has 0 bridgehead atoms. The van der Waals surface area contributed by atoms with Crippen molar-refractivity contribution in [2.24, 2.45) is 0 Å². The number of hydrogen-bond acceptors (Lipinski definition) is 2. The third-order valence-electron chi connectivity index (χ3n) is 2.67. The van der Waals surface area contributed by atoms with Crippen LogP contribution in [-0.4, -0.2) is 32.2 Å². The first kappa shape index (κ1) is 14.0. The lowest BCUT2D eigenvalue weighted by molar-refractivity contribution is -0.942. The summed E-state index contributed by atoms with van der Waals surface area (Å²) in [6.45, 7) is 5.07.